The van der Waals surface area contributed by atoms with E-state index in [-0.39, 0.29) is 23.3 Å². The lowest BCUT2D eigenvalue weighted by Crippen LogP contribution is -2.00. The van der Waals surface area contributed by atoms with Crippen LogP contribution in [0.5, 0.6) is 5.75 Å². The standard InChI is InChI=1S/C13H19NO3/c1-5-9(4)12-7-10(14(16)17)6-11(8(2)3)13(12)15/h6-9,15H,5H2,1-4H3. The number of rotatable bonds is 4. The number of nitro benzene ring substituents is 1. The van der Waals surface area contributed by atoms with Crippen LogP contribution in [0.3, 0.4) is 0 Å². The molecule has 4 heteroatoms. The van der Waals surface area contributed by atoms with Gasteiger partial charge in [-0.3, -0.25) is 10.1 Å². The first-order valence-electron chi connectivity index (χ1n) is 5.89. The smallest absolute Gasteiger partial charge is 0.270 e. The Balaban J connectivity index is 3.43. The Morgan fingerprint density at radius 1 is 1.29 bits per heavy atom. The first-order valence-corrected chi connectivity index (χ1v) is 5.89. The van der Waals surface area contributed by atoms with Crippen LogP contribution in [0.15, 0.2) is 12.1 Å². The number of aromatic hydroxyl groups is 1. The maximum absolute atomic E-state index is 10.9. The lowest BCUT2D eigenvalue weighted by Gasteiger charge is -2.16. The second kappa shape index (κ2) is 5.17. The van der Waals surface area contributed by atoms with Gasteiger partial charge in [-0.15, -0.1) is 0 Å². The molecule has 1 atom stereocenters. The molecule has 0 saturated heterocycles. The van der Waals surface area contributed by atoms with Gasteiger partial charge in [0.05, 0.1) is 4.92 Å². The molecule has 17 heavy (non-hydrogen) atoms. The molecule has 0 heterocycles. The summed E-state index contributed by atoms with van der Waals surface area (Å²) in [5.74, 6) is 0.394. The Labute approximate surface area is 101 Å². The molecule has 0 aromatic heterocycles. The quantitative estimate of drug-likeness (QED) is 0.637. The first-order chi connectivity index (χ1) is 7.88. The highest BCUT2D eigenvalue weighted by Gasteiger charge is 2.20. The van der Waals surface area contributed by atoms with Crippen LogP contribution in [0.4, 0.5) is 5.69 Å². The van der Waals surface area contributed by atoms with Gasteiger partial charge < -0.3 is 5.11 Å². The molecule has 0 amide bonds. The largest absolute Gasteiger partial charge is 0.507 e. The van der Waals surface area contributed by atoms with Crippen LogP contribution in [-0.4, -0.2) is 10.0 Å². The van der Waals surface area contributed by atoms with E-state index in [2.05, 4.69) is 0 Å². The van der Waals surface area contributed by atoms with Crippen molar-refractivity contribution >= 4 is 5.69 Å². The van der Waals surface area contributed by atoms with Crippen LogP contribution >= 0.6 is 0 Å². The molecule has 0 saturated carbocycles. The van der Waals surface area contributed by atoms with Crippen molar-refractivity contribution < 1.29 is 10.0 Å². The number of hydrogen-bond donors (Lipinski definition) is 1. The minimum atomic E-state index is -0.406. The van der Waals surface area contributed by atoms with Crippen molar-refractivity contribution in [3.8, 4) is 5.75 Å². The second-order valence-corrected chi connectivity index (χ2v) is 4.69. The number of non-ortho nitro benzene ring substituents is 1. The molecule has 1 aromatic carbocycles. The van der Waals surface area contributed by atoms with Gasteiger partial charge in [-0.25, -0.2) is 0 Å². The van der Waals surface area contributed by atoms with E-state index in [1.54, 1.807) is 0 Å². The summed E-state index contributed by atoms with van der Waals surface area (Å²) in [6, 6.07) is 2.95. The molecule has 94 valence electrons. The summed E-state index contributed by atoms with van der Waals surface area (Å²) in [6.45, 7) is 7.79. The van der Waals surface area contributed by atoms with Crippen LogP contribution in [0.2, 0.25) is 0 Å². The van der Waals surface area contributed by atoms with E-state index in [1.165, 1.54) is 12.1 Å². The predicted octanol–water partition coefficient (Wildman–Crippen LogP) is 3.94. The van der Waals surface area contributed by atoms with E-state index in [0.717, 1.165) is 6.42 Å². The summed E-state index contributed by atoms with van der Waals surface area (Å²) in [5.41, 5.74) is 1.38. The summed E-state index contributed by atoms with van der Waals surface area (Å²) in [4.78, 5) is 10.5. The summed E-state index contributed by atoms with van der Waals surface area (Å²) >= 11 is 0. The van der Waals surface area contributed by atoms with Crippen molar-refractivity contribution in [2.24, 2.45) is 0 Å². The highest BCUT2D eigenvalue weighted by atomic mass is 16.6. The Bertz CT molecular complexity index is 427. The number of benzene rings is 1. The van der Waals surface area contributed by atoms with E-state index < -0.39 is 4.92 Å². The average molecular weight is 237 g/mol. The molecule has 0 fully saturated rings. The number of phenols is 1. The molecule has 1 unspecified atom stereocenters. The SMILES string of the molecule is CCC(C)c1cc([N+](=O)[O-])cc(C(C)C)c1O. The summed E-state index contributed by atoms with van der Waals surface area (Å²) < 4.78 is 0. The molecule has 4 nitrogen and oxygen atoms in total. The third-order valence-corrected chi connectivity index (χ3v) is 3.13. The molecule has 1 rings (SSSR count). The van der Waals surface area contributed by atoms with Crippen molar-refractivity contribution in [3.63, 3.8) is 0 Å². The van der Waals surface area contributed by atoms with Crippen molar-refractivity contribution in [2.45, 2.75) is 46.0 Å². The molecule has 0 radical (unpaired) electrons. The first kappa shape index (κ1) is 13.5. The molecule has 0 aliphatic carbocycles. The highest BCUT2D eigenvalue weighted by Crippen LogP contribution is 2.37. The Kier molecular flexibility index (Phi) is 4.10. The van der Waals surface area contributed by atoms with E-state index in [0.29, 0.717) is 11.1 Å². The van der Waals surface area contributed by atoms with E-state index in [1.807, 2.05) is 27.7 Å². The van der Waals surface area contributed by atoms with Gasteiger partial charge in [-0.2, -0.15) is 0 Å². The van der Waals surface area contributed by atoms with Gasteiger partial charge in [0.25, 0.3) is 5.69 Å². The minimum Gasteiger partial charge on any atom is -0.507 e. The number of nitrogens with zero attached hydrogens (tertiary/aromatic N) is 1. The van der Waals surface area contributed by atoms with Crippen LogP contribution in [0.1, 0.15) is 57.1 Å². The monoisotopic (exact) mass is 237 g/mol. The molecule has 0 bridgehead atoms. The maximum atomic E-state index is 10.9. The zero-order valence-electron chi connectivity index (χ0n) is 10.7. The Morgan fingerprint density at radius 2 is 1.82 bits per heavy atom. The van der Waals surface area contributed by atoms with E-state index >= 15 is 0 Å². The van der Waals surface area contributed by atoms with Crippen molar-refractivity contribution in [1.29, 1.82) is 0 Å². The maximum Gasteiger partial charge on any atom is 0.270 e. The van der Waals surface area contributed by atoms with Crippen molar-refractivity contribution in [1.82, 2.24) is 0 Å². The third kappa shape index (κ3) is 2.75. The average Bonchev–Trinajstić information content (AvgIpc) is 2.27. The predicted molar refractivity (Wildman–Crippen MR) is 67.6 cm³/mol. The fourth-order valence-corrected chi connectivity index (χ4v) is 1.80. The fourth-order valence-electron chi connectivity index (χ4n) is 1.80. The van der Waals surface area contributed by atoms with Gasteiger partial charge in [0.15, 0.2) is 0 Å². The summed E-state index contributed by atoms with van der Waals surface area (Å²) in [7, 11) is 0. The van der Waals surface area contributed by atoms with Crippen LogP contribution in [-0.2, 0) is 0 Å². The summed E-state index contributed by atoms with van der Waals surface area (Å²) in [6.07, 6.45) is 0.840. The van der Waals surface area contributed by atoms with Crippen LogP contribution in [0, 0.1) is 10.1 Å². The molecule has 1 N–H and O–H groups in total. The van der Waals surface area contributed by atoms with Crippen molar-refractivity contribution in [2.75, 3.05) is 0 Å². The number of phenolic OH excluding ortho intramolecular Hbond substituents is 1. The van der Waals surface area contributed by atoms with Gasteiger partial charge in [-0.1, -0.05) is 27.7 Å². The van der Waals surface area contributed by atoms with Gasteiger partial charge >= 0.3 is 0 Å². The topological polar surface area (TPSA) is 63.4 Å². The lowest BCUT2D eigenvalue weighted by molar-refractivity contribution is -0.385. The van der Waals surface area contributed by atoms with Crippen LogP contribution in [0.25, 0.3) is 0 Å². The third-order valence-electron chi connectivity index (χ3n) is 3.13. The van der Waals surface area contributed by atoms with Gasteiger partial charge in [0, 0.05) is 23.3 Å². The normalized spacial score (nSPS) is 12.8. The molecule has 0 aliphatic rings. The van der Waals surface area contributed by atoms with E-state index in [9.17, 15) is 15.2 Å². The number of nitro groups is 1. The van der Waals surface area contributed by atoms with Gasteiger partial charge in [0.2, 0.25) is 0 Å². The van der Waals surface area contributed by atoms with Gasteiger partial charge in [-0.05, 0) is 18.3 Å². The fraction of sp³-hybridized carbons (Fsp3) is 0.538. The Hall–Kier alpha value is -1.58. The van der Waals surface area contributed by atoms with Gasteiger partial charge in [0.1, 0.15) is 5.75 Å². The zero-order valence-corrected chi connectivity index (χ0v) is 10.7. The second-order valence-electron chi connectivity index (χ2n) is 4.69. The molecular weight excluding hydrogens is 218 g/mol. The molecule has 0 aliphatic heterocycles. The molecule has 0 spiro atoms. The highest BCUT2D eigenvalue weighted by molar-refractivity contribution is 5.51. The Morgan fingerprint density at radius 3 is 2.24 bits per heavy atom. The molecule has 1 aromatic rings. The summed E-state index contributed by atoms with van der Waals surface area (Å²) in [5, 5.41) is 21.0. The minimum absolute atomic E-state index is 0.0572. The van der Waals surface area contributed by atoms with E-state index in [4.69, 9.17) is 0 Å². The lowest BCUT2D eigenvalue weighted by atomic mass is 9.91. The molecular formula is C13H19NO3. The zero-order chi connectivity index (χ0) is 13.2. The van der Waals surface area contributed by atoms with Crippen LogP contribution < -0.4 is 0 Å². The number of hydrogen-bond acceptors (Lipinski definition) is 3. The van der Waals surface area contributed by atoms with Crippen molar-refractivity contribution in [3.05, 3.63) is 33.4 Å².